The van der Waals surface area contributed by atoms with E-state index < -0.39 is 17.7 Å². The van der Waals surface area contributed by atoms with Crippen molar-refractivity contribution < 1.29 is 19.1 Å². The van der Waals surface area contributed by atoms with Crippen LogP contribution in [-0.2, 0) is 14.4 Å². The molecule has 2 aromatic carbocycles. The highest BCUT2D eigenvalue weighted by Gasteiger charge is 2.11. The quantitative estimate of drug-likeness (QED) is 0.470. The zero-order chi connectivity index (χ0) is 21.4. The van der Waals surface area contributed by atoms with Crippen LogP contribution in [0.2, 0.25) is 15.1 Å². The minimum absolute atomic E-state index is 0.102. The van der Waals surface area contributed by atoms with Crippen LogP contribution in [-0.4, -0.2) is 24.3 Å². The molecule has 11 heteroatoms. The predicted molar refractivity (Wildman–Crippen MR) is 115 cm³/mol. The van der Waals surface area contributed by atoms with Crippen molar-refractivity contribution in [2.45, 2.75) is 12.8 Å². The number of hydrogen-bond donors (Lipinski definition) is 3. The van der Waals surface area contributed by atoms with Crippen LogP contribution in [0.5, 0.6) is 5.75 Å². The molecular formula is C18H15BrCl3N3O4. The standard InChI is InChI=1S/C18H15BrCl3N3O4/c19-12-7-10(20)2-4-15(12)29-9-18(28)25-24-17(27)6-5-16(26)23-14-3-1-11(21)8-13(14)22/h1-4,7-8H,5-6,9H2,(H,23,26)(H,24,27)(H,25,28). The monoisotopic (exact) mass is 521 g/mol. The number of carbonyl (C=O) groups excluding carboxylic acids is 3. The first-order valence-electron chi connectivity index (χ1n) is 8.15. The van der Waals surface area contributed by atoms with Gasteiger partial charge in [-0.3, -0.25) is 25.2 Å². The molecule has 7 nitrogen and oxygen atoms in total. The van der Waals surface area contributed by atoms with Gasteiger partial charge < -0.3 is 10.1 Å². The fraction of sp³-hybridized carbons (Fsp3) is 0.167. The molecular weight excluding hydrogens is 508 g/mol. The molecule has 0 aliphatic carbocycles. The van der Waals surface area contributed by atoms with E-state index in [2.05, 4.69) is 32.1 Å². The van der Waals surface area contributed by atoms with Crippen LogP contribution in [0.25, 0.3) is 0 Å². The number of anilines is 1. The lowest BCUT2D eigenvalue weighted by atomic mass is 10.2. The molecule has 2 aromatic rings. The minimum Gasteiger partial charge on any atom is -0.483 e. The maximum absolute atomic E-state index is 11.9. The molecule has 2 rings (SSSR count). The number of rotatable bonds is 7. The van der Waals surface area contributed by atoms with Crippen LogP contribution in [0.1, 0.15) is 12.8 Å². The van der Waals surface area contributed by atoms with E-state index in [0.29, 0.717) is 26.0 Å². The molecule has 0 radical (unpaired) electrons. The lowest BCUT2D eigenvalue weighted by Gasteiger charge is -2.10. The van der Waals surface area contributed by atoms with Gasteiger partial charge in [-0.25, -0.2) is 0 Å². The molecule has 0 aliphatic heterocycles. The first-order valence-corrected chi connectivity index (χ1v) is 10.1. The van der Waals surface area contributed by atoms with Crippen LogP contribution in [0.15, 0.2) is 40.9 Å². The summed E-state index contributed by atoms with van der Waals surface area (Å²) in [6, 6.07) is 9.47. The largest absolute Gasteiger partial charge is 0.483 e. The molecule has 3 N–H and O–H groups in total. The van der Waals surface area contributed by atoms with Gasteiger partial charge in [0.25, 0.3) is 5.91 Å². The molecule has 3 amide bonds. The van der Waals surface area contributed by atoms with Gasteiger partial charge in [0.05, 0.1) is 15.2 Å². The van der Waals surface area contributed by atoms with Gasteiger partial charge in [-0.05, 0) is 52.3 Å². The molecule has 154 valence electrons. The van der Waals surface area contributed by atoms with Gasteiger partial charge in [-0.2, -0.15) is 0 Å². The van der Waals surface area contributed by atoms with Crippen LogP contribution in [0.4, 0.5) is 5.69 Å². The Morgan fingerprint density at radius 3 is 2.17 bits per heavy atom. The first-order chi connectivity index (χ1) is 13.7. The number of benzene rings is 2. The third-order valence-electron chi connectivity index (χ3n) is 3.38. The summed E-state index contributed by atoms with van der Waals surface area (Å²) in [4.78, 5) is 35.4. The van der Waals surface area contributed by atoms with Crippen LogP contribution < -0.4 is 20.9 Å². The number of hydrogen-bond acceptors (Lipinski definition) is 4. The molecule has 29 heavy (non-hydrogen) atoms. The lowest BCUT2D eigenvalue weighted by molar-refractivity contribution is -0.130. The van der Waals surface area contributed by atoms with Gasteiger partial charge in [-0.1, -0.05) is 34.8 Å². The van der Waals surface area contributed by atoms with E-state index >= 15 is 0 Å². The molecule has 0 saturated carbocycles. The molecule has 0 unspecified atom stereocenters. The number of ether oxygens (including phenoxy) is 1. The van der Waals surface area contributed by atoms with E-state index in [0.717, 1.165) is 0 Å². The number of nitrogens with one attached hydrogen (secondary N) is 3. The Bertz CT molecular complexity index is 927. The maximum atomic E-state index is 11.9. The van der Waals surface area contributed by atoms with E-state index in [1.54, 1.807) is 30.3 Å². The zero-order valence-electron chi connectivity index (χ0n) is 14.7. The van der Waals surface area contributed by atoms with Crippen LogP contribution in [0.3, 0.4) is 0 Å². The molecule has 0 aromatic heterocycles. The summed E-state index contributed by atoms with van der Waals surface area (Å²) in [6.45, 7) is -0.323. The topological polar surface area (TPSA) is 96.5 Å². The van der Waals surface area contributed by atoms with Gasteiger partial charge in [0.15, 0.2) is 6.61 Å². The Hall–Kier alpha value is -2.00. The Balaban J connectivity index is 1.68. The van der Waals surface area contributed by atoms with E-state index in [1.165, 1.54) is 6.07 Å². The highest BCUT2D eigenvalue weighted by Crippen LogP contribution is 2.28. The average molecular weight is 524 g/mol. The summed E-state index contributed by atoms with van der Waals surface area (Å²) in [7, 11) is 0. The van der Waals surface area contributed by atoms with Crippen molar-refractivity contribution in [1.29, 1.82) is 0 Å². The summed E-state index contributed by atoms with van der Waals surface area (Å²) in [5.74, 6) is -1.10. The number of amides is 3. The van der Waals surface area contributed by atoms with Crippen LogP contribution in [0, 0.1) is 0 Å². The molecule has 0 heterocycles. The smallest absolute Gasteiger partial charge is 0.276 e. The highest BCUT2D eigenvalue weighted by atomic mass is 79.9. The van der Waals surface area contributed by atoms with Gasteiger partial charge in [0.1, 0.15) is 5.75 Å². The second-order valence-corrected chi connectivity index (χ2v) is 7.77. The highest BCUT2D eigenvalue weighted by molar-refractivity contribution is 9.10. The molecule has 0 saturated heterocycles. The summed E-state index contributed by atoms with van der Waals surface area (Å²) < 4.78 is 5.91. The first kappa shape index (κ1) is 23.3. The van der Waals surface area contributed by atoms with Gasteiger partial charge in [-0.15, -0.1) is 0 Å². The summed E-state index contributed by atoms with van der Waals surface area (Å²) >= 11 is 20.8. The van der Waals surface area contributed by atoms with Crippen molar-refractivity contribution in [3.8, 4) is 5.75 Å². The average Bonchev–Trinajstić information content (AvgIpc) is 2.66. The second-order valence-electron chi connectivity index (χ2n) is 5.63. The Labute approximate surface area is 190 Å². The third kappa shape index (κ3) is 8.10. The minimum atomic E-state index is -0.572. The van der Waals surface area contributed by atoms with Crippen molar-refractivity contribution in [3.05, 3.63) is 55.9 Å². The van der Waals surface area contributed by atoms with Crippen molar-refractivity contribution in [3.63, 3.8) is 0 Å². The fourth-order valence-corrected chi connectivity index (χ4v) is 3.26. The fourth-order valence-electron chi connectivity index (χ4n) is 2.00. The summed E-state index contributed by atoms with van der Waals surface area (Å²) in [6.07, 6.45) is -0.240. The second kappa shape index (κ2) is 11.3. The van der Waals surface area contributed by atoms with Crippen molar-refractivity contribution in [2.24, 2.45) is 0 Å². The Morgan fingerprint density at radius 2 is 1.48 bits per heavy atom. The van der Waals surface area contributed by atoms with Gasteiger partial charge >= 0.3 is 0 Å². The Morgan fingerprint density at radius 1 is 0.862 bits per heavy atom. The van der Waals surface area contributed by atoms with Gasteiger partial charge in [0, 0.05) is 22.9 Å². The van der Waals surface area contributed by atoms with E-state index in [4.69, 9.17) is 39.5 Å². The maximum Gasteiger partial charge on any atom is 0.276 e. The number of hydrazine groups is 1. The number of halogens is 4. The lowest BCUT2D eigenvalue weighted by Crippen LogP contribution is -2.44. The summed E-state index contributed by atoms with van der Waals surface area (Å²) in [5.41, 5.74) is 4.79. The van der Waals surface area contributed by atoms with Crippen molar-refractivity contribution >= 4 is 74.1 Å². The molecule has 0 atom stereocenters. The molecule has 0 bridgehead atoms. The molecule has 0 aliphatic rings. The third-order valence-corrected chi connectivity index (χ3v) is 4.78. The van der Waals surface area contributed by atoms with E-state index in [9.17, 15) is 14.4 Å². The van der Waals surface area contributed by atoms with Crippen LogP contribution >= 0.6 is 50.7 Å². The number of carbonyl (C=O) groups is 3. The molecule has 0 fully saturated rings. The van der Waals surface area contributed by atoms with E-state index in [1.807, 2.05) is 0 Å². The van der Waals surface area contributed by atoms with Crippen molar-refractivity contribution in [2.75, 3.05) is 11.9 Å². The SMILES string of the molecule is O=C(CCC(=O)Nc1ccc(Cl)cc1Cl)NNC(=O)COc1ccc(Cl)cc1Br. The van der Waals surface area contributed by atoms with E-state index in [-0.39, 0.29) is 24.5 Å². The predicted octanol–water partition coefficient (Wildman–Crippen LogP) is 4.35. The van der Waals surface area contributed by atoms with Crippen molar-refractivity contribution in [1.82, 2.24) is 10.9 Å². The Kier molecular flexibility index (Phi) is 9.03. The normalized spacial score (nSPS) is 10.2. The summed E-state index contributed by atoms with van der Waals surface area (Å²) in [5, 5.41) is 3.82. The zero-order valence-corrected chi connectivity index (χ0v) is 18.6. The van der Waals surface area contributed by atoms with Gasteiger partial charge in [0.2, 0.25) is 11.8 Å². The molecule has 0 spiro atoms.